The third kappa shape index (κ3) is 3.72. The van der Waals surface area contributed by atoms with Crippen molar-refractivity contribution in [1.29, 1.82) is 0 Å². The Morgan fingerprint density at radius 1 is 0.850 bits per heavy atom. The average Bonchev–Trinajstić information content (AvgIpc) is 2.25. The molecule has 0 aromatic rings. The number of piperidine rings is 1. The maximum atomic E-state index is 11.5. The lowest BCUT2D eigenvalue weighted by molar-refractivity contribution is 0.0498. The highest BCUT2D eigenvalue weighted by Crippen LogP contribution is 2.62. The largest absolute Gasteiger partial charge is 0.354 e. The van der Waals surface area contributed by atoms with Crippen LogP contribution in [0.3, 0.4) is 0 Å². The van der Waals surface area contributed by atoms with E-state index in [-0.39, 0.29) is 5.41 Å². The first-order chi connectivity index (χ1) is 9.14. The van der Waals surface area contributed by atoms with E-state index in [1.807, 2.05) is 0 Å². The summed E-state index contributed by atoms with van der Waals surface area (Å²) in [6, 6.07) is 0. The molecule has 0 aromatic heterocycles. The normalized spacial score (nSPS) is 25.2. The van der Waals surface area contributed by atoms with Gasteiger partial charge in [0.1, 0.15) is 0 Å². The molecule has 0 unspecified atom stereocenters. The van der Waals surface area contributed by atoms with E-state index in [4.69, 9.17) is 0 Å². The molecule has 2 fully saturated rings. The Labute approximate surface area is 118 Å². The Bertz CT molecular complexity index is 411. The number of hydrogen-bond acceptors (Lipinski definition) is 3. The summed E-state index contributed by atoms with van der Waals surface area (Å²) in [7, 11) is -9.74. The molecule has 2 aliphatic rings. The Hall–Kier alpha value is 0.260. The molecule has 1 saturated heterocycles. The first-order valence-corrected chi connectivity index (χ1v) is 10.3. The number of nitrogens with zero attached hydrogens (tertiary/aromatic N) is 1. The Morgan fingerprint density at radius 3 is 1.85 bits per heavy atom. The van der Waals surface area contributed by atoms with Crippen LogP contribution in [0, 0.1) is 5.41 Å². The van der Waals surface area contributed by atoms with Crippen LogP contribution in [0.5, 0.6) is 0 Å². The molecule has 0 amide bonds. The minimum absolute atomic E-state index is 0.0148. The van der Waals surface area contributed by atoms with Crippen LogP contribution >= 0.6 is 15.2 Å². The molecule has 1 heterocycles. The Morgan fingerprint density at radius 2 is 1.35 bits per heavy atom. The van der Waals surface area contributed by atoms with Gasteiger partial charge in [-0.3, -0.25) is 14.0 Å². The van der Waals surface area contributed by atoms with Crippen molar-refractivity contribution in [2.45, 2.75) is 50.5 Å². The molecule has 118 valence electrons. The van der Waals surface area contributed by atoms with Crippen LogP contribution < -0.4 is 0 Å². The van der Waals surface area contributed by atoms with Crippen molar-refractivity contribution in [3.8, 4) is 0 Å². The van der Waals surface area contributed by atoms with Crippen molar-refractivity contribution in [3.63, 3.8) is 0 Å². The van der Waals surface area contributed by atoms with E-state index in [2.05, 4.69) is 0 Å². The predicted molar refractivity (Wildman–Crippen MR) is 74.2 cm³/mol. The molecular formula is C11H23NO6P2. The highest BCUT2D eigenvalue weighted by atomic mass is 31.2. The molecule has 7 nitrogen and oxygen atoms in total. The van der Waals surface area contributed by atoms with E-state index >= 15 is 0 Å². The monoisotopic (exact) mass is 327 g/mol. The summed E-state index contributed by atoms with van der Waals surface area (Å²) in [6.45, 7) is 0.719. The number of hydrogen-bond donors (Lipinski definition) is 4. The van der Waals surface area contributed by atoms with Crippen LogP contribution in [0.1, 0.15) is 44.9 Å². The van der Waals surface area contributed by atoms with Gasteiger partial charge in [-0.15, -0.1) is 0 Å². The lowest BCUT2D eigenvalue weighted by Crippen LogP contribution is -2.48. The average molecular weight is 327 g/mol. The second kappa shape index (κ2) is 5.81. The predicted octanol–water partition coefficient (Wildman–Crippen LogP) is 1.67. The summed E-state index contributed by atoms with van der Waals surface area (Å²) in [5.41, 5.74) is -1.99. The first-order valence-electron chi connectivity index (χ1n) is 6.99. The van der Waals surface area contributed by atoms with Gasteiger partial charge in [0.15, 0.2) is 0 Å². The zero-order valence-electron chi connectivity index (χ0n) is 11.4. The topological polar surface area (TPSA) is 118 Å². The van der Waals surface area contributed by atoms with Gasteiger partial charge in [0.25, 0.3) is 0 Å². The van der Waals surface area contributed by atoms with Crippen LogP contribution in [0.15, 0.2) is 0 Å². The van der Waals surface area contributed by atoms with E-state index in [1.165, 1.54) is 11.3 Å². The summed E-state index contributed by atoms with van der Waals surface area (Å²) in [5, 5.41) is 0. The van der Waals surface area contributed by atoms with Gasteiger partial charge in [-0.2, -0.15) is 0 Å². The smallest absolute Gasteiger partial charge is 0.323 e. The third-order valence-corrected chi connectivity index (χ3v) is 8.20. The second-order valence-electron chi connectivity index (χ2n) is 6.16. The molecule has 1 aliphatic heterocycles. The zero-order valence-corrected chi connectivity index (χ0v) is 13.2. The van der Waals surface area contributed by atoms with Gasteiger partial charge in [0.05, 0.1) is 0 Å². The first kappa shape index (κ1) is 16.6. The quantitative estimate of drug-likeness (QED) is 0.582. The van der Waals surface area contributed by atoms with Crippen LogP contribution in [-0.2, 0) is 9.13 Å². The highest BCUT2D eigenvalue weighted by Gasteiger charge is 2.50. The summed E-state index contributed by atoms with van der Waals surface area (Å²) in [5.74, 6) is 0. The van der Waals surface area contributed by atoms with Gasteiger partial charge in [-0.05, 0) is 37.6 Å². The van der Waals surface area contributed by atoms with Crippen LogP contribution in [0.25, 0.3) is 0 Å². The molecule has 0 atom stereocenters. The van der Waals surface area contributed by atoms with Crippen molar-refractivity contribution in [1.82, 2.24) is 4.90 Å². The van der Waals surface area contributed by atoms with Gasteiger partial charge in [0.2, 0.25) is 5.52 Å². The number of likely N-dealkylation sites (tertiary alicyclic amines) is 1. The van der Waals surface area contributed by atoms with E-state index in [0.717, 1.165) is 38.5 Å². The Balaban J connectivity index is 2.21. The van der Waals surface area contributed by atoms with Gasteiger partial charge >= 0.3 is 15.2 Å². The number of rotatable bonds is 3. The fourth-order valence-electron chi connectivity index (χ4n) is 3.77. The van der Waals surface area contributed by atoms with Crippen molar-refractivity contribution in [2.24, 2.45) is 5.41 Å². The third-order valence-electron chi connectivity index (χ3n) is 4.53. The SMILES string of the molecule is O=P(O)(O)C(N1CCCC2(CCCCC2)C1)P(=O)(O)O. The van der Waals surface area contributed by atoms with Crippen molar-refractivity contribution in [2.75, 3.05) is 13.1 Å². The standard InChI is InChI=1S/C11H23NO6P2/c13-19(14,15)10(20(16,17)18)12-8-4-7-11(9-12)5-2-1-3-6-11/h10H,1-9H2,(H2,13,14,15)(H2,16,17,18). The van der Waals surface area contributed by atoms with Crippen molar-refractivity contribution in [3.05, 3.63) is 0 Å². The van der Waals surface area contributed by atoms with Gasteiger partial charge in [-0.1, -0.05) is 19.3 Å². The minimum atomic E-state index is -4.87. The van der Waals surface area contributed by atoms with Crippen LogP contribution in [0.4, 0.5) is 0 Å². The zero-order chi connectivity index (χ0) is 15.0. The fraction of sp³-hybridized carbons (Fsp3) is 1.00. The fourth-order valence-corrected chi connectivity index (χ4v) is 6.59. The second-order valence-corrected chi connectivity index (χ2v) is 9.90. The summed E-state index contributed by atoms with van der Waals surface area (Å²) in [6.07, 6.45) is 7.03. The minimum Gasteiger partial charge on any atom is -0.323 e. The molecule has 0 aromatic carbocycles. The molecule has 1 saturated carbocycles. The lowest BCUT2D eigenvalue weighted by atomic mass is 9.69. The van der Waals surface area contributed by atoms with Crippen LogP contribution in [0.2, 0.25) is 0 Å². The van der Waals surface area contributed by atoms with E-state index < -0.39 is 20.7 Å². The summed E-state index contributed by atoms with van der Waals surface area (Å²) < 4.78 is 23.0. The van der Waals surface area contributed by atoms with Crippen LogP contribution in [-0.4, -0.2) is 43.1 Å². The van der Waals surface area contributed by atoms with E-state index in [1.54, 1.807) is 0 Å². The highest BCUT2D eigenvalue weighted by molar-refractivity contribution is 7.70. The summed E-state index contributed by atoms with van der Waals surface area (Å²) in [4.78, 5) is 38.7. The molecule has 0 bridgehead atoms. The van der Waals surface area contributed by atoms with Crippen molar-refractivity contribution >= 4 is 15.2 Å². The van der Waals surface area contributed by atoms with Gasteiger partial charge in [0, 0.05) is 6.54 Å². The van der Waals surface area contributed by atoms with Crippen molar-refractivity contribution < 1.29 is 28.7 Å². The molecule has 1 aliphatic carbocycles. The maximum Gasteiger partial charge on any atom is 0.354 e. The molecule has 4 N–H and O–H groups in total. The summed E-state index contributed by atoms with van der Waals surface area (Å²) >= 11 is 0. The molecule has 2 rings (SSSR count). The van der Waals surface area contributed by atoms with Gasteiger partial charge < -0.3 is 19.6 Å². The molecule has 0 radical (unpaired) electrons. The molecule has 20 heavy (non-hydrogen) atoms. The Kier molecular flexibility index (Phi) is 4.83. The molecule has 9 heteroatoms. The molecular weight excluding hydrogens is 304 g/mol. The van der Waals surface area contributed by atoms with E-state index in [0.29, 0.717) is 13.1 Å². The van der Waals surface area contributed by atoms with Gasteiger partial charge in [-0.25, -0.2) is 0 Å². The lowest BCUT2D eigenvalue weighted by Gasteiger charge is -2.47. The molecule has 1 spiro atoms. The maximum absolute atomic E-state index is 11.5. The van der Waals surface area contributed by atoms with E-state index in [9.17, 15) is 28.7 Å².